The van der Waals surface area contributed by atoms with E-state index in [4.69, 9.17) is 11.6 Å². The molecule has 0 atom stereocenters. The average Bonchev–Trinajstić information content (AvgIpc) is 2.41. The first-order chi connectivity index (χ1) is 9.03. The molecule has 1 aromatic heterocycles. The number of aromatic nitrogens is 1. The second-order valence-electron chi connectivity index (χ2n) is 3.73. The van der Waals surface area contributed by atoms with Gasteiger partial charge in [0.05, 0.1) is 5.69 Å². The summed E-state index contributed by atoms with van der Waals surface area (Å²) in [6.07, 6.45) is 2.82. The fraction of sp³-hybridized carbons (Fsp3) is 0.0833. The van der Waals surface area contributed by atoms with Crippen LogP contribution >= 0.6 is 11.6 Å². The molecule has 7 heteroatoms. The summed E-state index contributed by atoms with van der Waals surface area (Å²) in [6, 6.07) is 8.00. The molecule has 0 radical (unpaired) electrons. The summed E-state index contributed by atoms with van der Waals surface area (Å²) in [7, 11) is -2.04. The number of hydrogen-bond donors (Lipinski definition) is 2. The number of sulfonamides is 1. The second kappa shape index (κ2) is 5.46. The van der Waals surface area contributed by atoms with E-state index in [9.17, 15) is 8.42 Å². The molecule has 2 N–H and O–H groups in total. The summed E-state index contributed by atoms with van der Waals surface area (Å²) in [5.41, 5.74) is 0.923. The molecule has 100 valence electrons. The van der Waals surface area contributed by atoms with Gasteiger partial charge in [0, 0.05) is 30.2 Å². The summed E-state index contributed by atoms with van der Waals surface area (Å²) in [6.45, 7) is 0. The first kappa shape index (κ1) is 13.6. The van der Waals surface area contributed by atoms with Gasteiger partial charge in [-0.25, -0.2) is 8.42 Å². The minimum Gasteiger partial charge on any atom is -0.387 e. The van der Waals surface area contributed by atoms with Crippen LogP contribution in [-0.2, 0) is 10.0 Å². The molecular weight excluding hydrogens is 286 g/mol. The summed E-state index contributed by atoms with van der Waals surface area (Å²) in [5.74, 6) is 0. The van der Waals surface area contributed by atoms with Crippen LogP contribution in [0.5, 0.6) is 0 Å². The number of nitrogens with one attached hydrogen (secondary N) is 2. The maximum Gasteiger partial charge on any atom is 0.265 e. The third-order valence-corrected chi connectivity index (χ3v) is 4.10. The molecule has 1 aromatic carbocycles. The van der Waals surface area contributed by atoms with Gasteiger partial charge in [0.1, 0.15) is 4.90 Å². The van der Waals surface area contributed by atoms with Crippen LogP contribution in [0.1, 0.15) is 0 Å². The number of halogens is 1. The molecule has 2 aromatic rings. The Morgan fingerprint density at radius 3 is 2.47 bits per heavy atom. The highest BCUT2D eigenvalue weighted by molar-refractivity contribution is 7.92. The number of benzene rings is 1. The van der Waals surface area contributed by atoms with Crippen molar-refractivity contribution >= 4 is 33.0 Å². The van der Waals surface area contributed by atoms with E-state index in [1.807, 2.05) is 0 Å². The van der Waals surface area contributed by atoms with Crippen molar-refractivity contribution in [2.75, 3.05) is 17.1 Å². The van der Waals surface area contributed by atoms with E-state index >= 15 is 0 Å². The van der Waals surface area contributed by atoms with Gasteiger partial charge in [0.25, 0.3) is 10.0 Å². The highest BCUT2D eigenvalue weighted by atomic mass is 35.5. The number of nitrogens with zero attached hydrogens (tertiary/aromatic N) is 1. The topological polar surface area (TPSA) is 71.1 Å². The van der Waals surface area contributed by atoms with Crippen molar-refractivity contribution in [1.82, 2.24) is 4.98 Å². The lowest BCUT2D eigenvalue weighted by Crippen LogP contribution is -2.15. The van der Waals surface area contributed by atoms with E-state index in [1.54, 1.807) is 37.4 Å². The van der Waals surface area contributed by atoms with Crippen LogP contribution in [0.4, 0.5) is 11.4 Å². The monoisotopic (exact) mass is 297 g/mol. The normalized spacial score (nSPS) is 11.1. The van der Waals surface area contributed by atoms with Crippen LogP contribution in [0.3, 0.4) is 0 Å². The van der Waals surface area contributed by atoms with Crippen molar-refractivity contribution in [2.45, 2.75) is 4.90 Å². The third kappa shape index (κ3) is 3.15. The van der Waals surface area contributed by atoms with Crippen molar-refractivity contribution in [3.8, 4) is 0 Å². The smallest absolute Gasteiger partial charge is 0.265 e. The first-order valence-corrected chi connectivity index (χ1v) is 7.29. The van der Waals surface area contributed by atoms with Crippen LogP contribution in [0.15, 0.2) is 47.6 Å². The minimum absolute atomic E-state index is 0.0902. The largest absolute Gasteiger partial charge is 0.387 e. The lowest BCUT2D eigenvalue weighted by molar-refractivity contribution is 0.601. The predicted molar refractivity (Wildman–Crippen MR) is 76.0 cm³/mol. The van der Waals surface area contributed by atoms with Crippen molar-refractivity contribution < 1.29 is 8.42 Å². The lowest BCUT2D eigenvalue weighted by Gasteiger charge is -2.11. The Hall–Kier alpha value is -1.79. The number of pyridine rings is 1. The molecule has 0 aliphatic heterocycles. The molecular formula is C12H12ClN3O2S. The molecule has 0 saturated carbocycles. The molecule has 1 heterocycles. The van der Waals surface area contributed by atoms with Crippen molar-refractivity contribution in [3.05, 3.63) is 47.7 Å². The van der Waals surface area contributed by atoms with Gasteiger partial charge < -0.3 is 5.32 Å². The molecule has 0 amide bonds. The Labute approximate surface area is 116 Å². The maximum absolute atomic E-state index is 12.2. The Balaban J connectivity index is 2.35. The summed E-state index contributed by atoms with van der Waals surface area (Å²) >= 11 is 5.75. The van der Waals surface area contributed by atoms with E-state index < -0.39 is 10.0 Å². The van der Waals surface area contributed by atoms with E-state index in [-0.39, 0.29) is 4.90 Å². The first-order valence-electron chi connectivity index (χ1n) is 5.43. The van der Waals surface area contributed by atoms with E-state index in [0.717, 1.165) is 0 Å². The van der Waals surface area contributed by atoms with Crippen LogP contribution in [-0.4, -0.2) is 20.4 Å². The Morgan fingerprint density at radius 1 is 1.16 bits per heavy atom. The lowest BCUT2D eigenvalue weighted by atomic mass is 10.3. The van der Waals surface area contributed by atoms with Crippen LogP contribution in [0.2, 0.25) is 5.02 Å². The Kier molecular flexibility index (Phi) is 3.92. The molecule has 0 bridgehead atoms. The zero-order valence-corrected chi connectivity index (χ0v) is 11.7. The average molecular weight is 298 g/mol. The zero-order valence-electron chi connectivity index (χ0n) is 10.1. The molecule has 0 saturated heterocycles. The fourth-order valence-corrected chi connectivity index (χ4v) is 2.87. The summed E-state index contributed by atoms with van der Waals surface area (Å²) in [4.78, 5) is 3.93. The summed E-state index contributed by atoms with van der Waals surface area (Å²) in [5, 5.41) is 3.36. The Bertz CT molecular complexity index is 672. The van der Waals surface area contributed by atoms with Crippen LogP contribution < -0.4 is 10.0 Å². The molecule has 19 heavy (non-hydrogen) atoms. The standard InChI is InChI=1S/C12H12ClN3O2S/c1-14-11-6-7-15-8-12(11)19(17,18)16-10-4-2-9(13)3-5-10/h2-8,16H,1H3,(H,14,15). The molecule has 0 fully saturated rings. The van der Waals surface area contributed by atoms with Gasteiger partial charge in [-0.15, -0.1) is 0 Å². The molecule has 0 unspecified atom stereocenters. The van der Waals surface area contributed by atoms with Crippen LogP contribution in [0.25, 0.3) is 0 Å². The third-order valence-electron chi connectivity index (χ3n) is 2.44. The highest BCUT2D eigenvalue weighted by Crippen LogP contribution is 2.22. The van der Waals surface area contributed by atoms with Gasteiger partial charge in [-0.1, -0.05) is 11.6 Å². The number of hydrogen-bond acceptors (Lipinski definition) is 4. The fourth-order valence-electron chi connectivity index (χ4n) is 1.53. The Morgan fingerprint density at radius 2 is 1.84 bits per heavy atom. The molecule has 0 spiro atoms. The van der Waals surface area contributed by atoms with Gasteiger partial charge in [0.15, 0.2) is 0 Å². The highest BCUT2D eigenvalue weighted by Gasteiger charge is 2.18. The van der Waals surface area contributed by atoms with Gasteiger partial charge >= 0.3 is 0 Å². The van der Waals surface area contributed by atoms with Crippen LogP contribution in [0, 0.1) is 0 Å². The van der Waals surface area contributed by atoms with Crippen molar-refractivity contribution in [1.29, 1.82) is 0 Å². The minimum atomic E-state index is -3.69. The van der Waals surface area contributed by atoms with E-state index in [1.165, 1.54) is 12.4 Å². The van der Waals surface area contributed by atoms with Crippen molar-refractivity contribution in [3.63, 3.8) is 0 Å². The molecule has 2 rings (SSSR count). The number of anilines is 2. The zero-order chi connectivity index (χ0) is 13.9. The summed E-state index contributed by atoms with van der Waals surface area (Å²) < 4.78 is 27.0. The van der Waals surface area contributed by atoms with E-state index in [2.05, 4.69) is 15.0 Å². The molecule has 0 aliphatic carbocycles. The molecule has 0 aliphatic rings. The second-order valence-corrected chi connectivity index (χ2v) is 5.82. The van der Waals surface area contributed by atoms with Gasteiger partial charge in [-0.2, -0.15) is 0 Å². The maximum atomic E-state index is 12.2. The van der Waals surface area contributed by atoms with E-state index in [0.29, 0.717) is 16.4 Å². The predicted octanol–water partition coefficient (Wildman–Crippen LogP) is 2.58. The molecule has 5 nitrogen and oxygen atoms in total. The van der Waals surface area contributed by atoms with Gasteiger partial charge in [-0.05, 0) is 30.3 Å². The number of rotatable bonds is 4. The van der Waals surface area contributed by atoms with Gasteiger partial charge in [0.2, 0.25) is 0 Å². The quantitative estimate of drug-likeness (QED) is 0.910. The van der Waals surface area contributed by atoms with Gasteiger partial charge in [-0.3, -0.25) is 9.71 Å². The van der Waals surface area contributed by atoms with Crippen molar-refractivity contribution in [2.24, 2.45) is 0 Å². The SMILES string of the molecule is CNc1ccncc1S(=O)(=O)Nc1ccc(Cl)cc1.